The third-order valence-electron chi connectivity index (χ3n) is 2.42. The van der Waals surface area contributed by atoms with Crippen molar-refractivity contribution in [3.8, 4) is 0 Å². The second-order valence-electron chi connectivity index (χ2n) is 5.46. The van der Waals surface area contributed by atoms with Crippen molar-refractivity contribution >= 4 is 5.84 Å². The molecule has 16 heavy (non-hydrogen) atoms. The van der Waals surface area contributed by atoms with E-state index in [0.29, 0.717) is 0 Å². The number of nitrogens with zero attached hydrogens (tertiary/aromatic N) is 2. The smallest absolute Gasteiger partial charge is 0.143 e. The van der Waals surface area contributed by atoms with Crippen LogP contribution in [0, 0.1) is 11.3 Å². The number of nitrogens with one attached hydrogen (secondary N) is 1. The van der Waals surface area contributed by atoms with Crippen LogP contribution in [0.2, 0.25) is 0 Å². The predicted molar refractivity (Wildman–Crippen MR) is 67.8 cm³/mol. The maximum atomic E-state index is 8.51. The molecule has 0 aromatic heterocycles. The fourth-order valence-electron chi connectivity index (χ4n) is 1.74. The largest absolute Gasteiger partial charge is 0.409 e. The molecule has 0 fully saturated rings. The molecule has 0 bridgehead atoms. The predicted octanol–water partition coefficient (Wildman–Crippen LogP) is 0.546. The van der Waals surface area contributed by atoms with Crippen molar-refractivity contribution in [1.29, 1.82) is 0 Å². The fourth-order valence-corrected chi connectivity index (χ4v) is 1.74. The summed E-state index contributed by atoms with van der Waals surface area (Å²) in [4.78, 5) is 2.18. The van der Waals surface area contributed by atoms with E-state index in [1.165, 1.54) is 0 Å². The van der Waals surface area contributed by atoms with Crippen molar-refractivity contribution < 1.29 is 5.21 Å². The molecule has 0 aliphatic heterocycles. The summed E-state index contributed by atoms with van der Waals surface area (Å²) in [5.74, 6) is 0.332. The normalized spacial score (nSPS) is 15.5. The summed E-state index contributed by atoms with van der Waals surface area (Å²) in [7, 11) is 4.14. The minimum Gasteiger partial charge on any atom is -0.409 e. The van der Waals surface area contributed by atoms with E-state index in [4.69, 9.17) is 10.9 Å². The van der Waals surface area contributed by atoms with Crippen molar-refractivity contribution in [1.82, 2.24) is 10.2 Å². The van der Waals surface area contributed by atoms with Crippen LogP contribution in [-0.2, 0) is 0 Å². The van der Waals surface area contributed by atoms with Crippen LogP contribution < -0.4 is 11.1 Å². The van der Waals surface area contributed by atoms with E-state index in [1.54, 1.807) is 0 Å². The van der Waals surface area contributed by atoms with Gasteiger partial charge in [-0.05, 0) is 19.5 Å². The molecule has 0 aromatic carbocycles. The van der Waals surface area contributed by atoms with Crippen LogP contribution in [0.25, 0.3) is 0 Å². The van der Waals surface area contributed by atoms with Crippen molar-refractivity contribution in [2.75, 3.05) is 33.7 Å². The van der Waals surface area contributed by atoms with Crippen LogP contribution in [0.4, 0.5) is 0 Å². The molecule has 0 saturated carbocycles. The van der Waals surface area contributed by atoms with Gasteiger partial charge in [-0.2, -0.15) is 0 Å². The van der Waals surface area contributed by atoms with Crippen molar-refractivity contribution in [2.45, 2.75) is 20.8 Å². The van der Waals surface area contributed by atoms with Gasteiger partial charge in [0.15, 0.2) is 0 Å². The van der Waals surface area contributed by atoms with Gasteiger partial charge in [0.2, 0.25) is 0 Å². The van der Waals surface area contributed by atoms with E-state index < -0.39 is 0 Å². The zero-order valence-corrected chi connectivity index (χ0v) is 11.1. The number of hydrogen-bond acceptors (Lipinski definition) is 4. The van der Waals surface area contributed by atoms with Crippen molar-refractivity contribution in [3.63, 3.8) is 0 Å². The van der Waals surface area contributed by atoms with E-state index in [1.807, 2.05) is 6.92 Å². The summed E-state index contributed by atoms with van der Waals surface area (Å²) in [6.07, 6.45) is 0. The SMILES string of the molecule is CC(CNCC(C)(C)CN(C)C)C(N)=NO. The van der Waals surface area contributed by atoms with Crippen LogP contribution in [0.5, 0.6) is 0 Å². The molecule has 0 rings (SSSR count). The second kappa shape index (κ2) is 6.70. The highest BCUT2D eigenvalue weighted by Crippen LogP contribution is 2.14. The topological polar surface area (TPSA) is 73.9 Å². The summed E-state index contributed by atoms with van der Waals surface area (Å²) in [6, 6.07) is 0. The van der Waals surface area contributed by atoms with E-state index in [0.717, 1.165) is 19.6 Å². The molecular weight excluding hydrogens is 204 g/mol. The summed E-state index contributed by atoms with van der Waals surface area (Å²) >= 11 is 0. The molecule has 96 valence electrons. The monoisotopic (exact) mass is 230 g/mol. The van der Waals surface area contributed by atoms with Gasteiger partial charge in [-0.1, -0.05) is 25.9 Å². The first-order valence-corrected chi connectivity index (χ1v) is 5.61. The van der Waals surface area contributed by atoms with Crippen molar-refractivity contribution in [3.05, 3.63) is 0 Å². The summed E-state index contributed by atoms with van der Waals surface area (Å²) in [5.41, 5.74) is 5.72. The number of oxime groups is 1. The summed E-state index contributed by atoms with van der Waals surface area (Å²) in [6.45, 7) is 9.03. The Labute approximate surface area is 98.7 Å². The molecule has 0 aromatic rings. The molecule has 0 aliphatic rings. The molecule has 1 unspecified atom stereocenters. The van der Waals surface area contributed by atoms with E-state index >= 15 is 0 Å². The highest BCUT2D eigenvalue weighted by molar-refractivity contribution is 5.82. The Hall–Kier alpha value is -0.810. The number of amidine groups is 1. The zero-order valence-electron chi connectivity index (χ0n) is 11.1. The van der Waals surface area contributed by atoms with Crippen LogP contribution in [0.15, 0.2) is 5.16 Å². The van der Waals surface area contributed by atoms with E-state index in [2.05, 4.69) is 43.3 Å². The maximum absolute atomic E-state index is 8.51. The van der Waals surface area contributed by atoms with Gasteiger partial charge in [-0.25, -0.2) is 0 Å². The van der Waals surface area contributed by atoms with Crippen LogP contribution in [0.1, 0.15) is 20.8 Å². The molecule has 0 radical (unpaired) electrons. The van der Waals surface area contributed by atoms with Gasteiger partial charge in [0.05, 0.1) is 0 Å². The molecule has 0 amide bonds. The van der Waals surface area contributed by atoms with Crippen molar-refractivity contribution in [2.24, 2.45) is 22.2 Å². The lowest BCUT2D eigenvalue weighted by Gasteiger charge is -2.29. The van der Waals surface area contributed by atoms with Gasteiger partial charge in [0.1, 0.15) is 5.84 Å². The van der Waals surface area contributed by atoms with Gasteiger partial charge in [-0.3, -0.25) is 0 Å². The summed E-state index contributed by atoms with van der Waals surface area (Å²) < 4.78 is 0. The lowest BCUT2D eigenvalue weighted by molar-refractivity contribution is 0.231. The van der Waals surface area contributed by atoms with Gasteiger partial charge in [-0.15, -0.1) is 0 Å². The quantitative estimate of drug-likeness (QED) is 0.258. The lowest BCUT2D eigenvalue weighted by Crippen LogP contribution is -2.40. The van der Waals surface area contributed by atoms with Gasteiger partial charge in [0.25, 0.3) is 0 Å². The Morgan fingerprint density at radius 2 is 2.06 bits per heavy atom. The third kappa shape index (κ3) is 6.63. The molecule has 1 atom stereocenters. The molecule has 0 heterocycles. The number of nitrogens with two attached hydrogens (primary N) is 1. The fraction of sp³-hybridized carbons (Fsp3) is 0.909. The highest BCUT2D eigenvalue weighted by Gasteiger charge is 2.19. The zero-order chi connectivity index (χ0) is 12.8. The Kier molecular flexibility index (Phi) is 6.36. The third-order valence-corrected chi connectivity index (χ3v) is 2.42. The Bertz CT molecular complexity index is 226. The number of rotatable bonds is 7. The first-order chi connectivity index (χ1) is 7.28. The minimum atomic E-state index is 0.0557. The Balaban J connectivity index is 3.89. The van der Waals surface area contributed by atoms with Crippen LogP contribution in [0.3, 0.4) is 0 Å². The average molecular weight is 230 g/mol. The van der Waals surface area contributed by atoms with E-state index in [9.17, 15) is 0 Å². The highest BCUT2D eigenvalue weighted by atomic mass is 16.4. The van der Waals surface area contributed by atoms with Crippen LogP contribution in [-0.4, -0.2) is 49.7 Å². The van der Waals surface area contributed by atoms with E-state index in [-0.39, 0.29) is 17.2 Å². The molecule has 5 heteroatoms. The maximum Gasteiger partial charge on any atom is 0.143 e. The average Bonchev–Trinajstić information content (AvgIpc) is 2.13. The molecule has 0 spiro atoms. The second-order valence-corrected chi connectivity index (χ2v) is 5.46. The Morgan fingerprint density at radius 3 is 2.50 bits per heavy atom. The Morgan fingerprint density at radius 1 is 1.50 bits per heavy atom. The molecule has 0 aliphatic carbocycles. The van der Waals surface area contributed by atoms with Gasteiger partial charge >= 0.3 is 0 Å². The lowest BCUT2D eigenvalue weighted by atomic mass is 9.93. The molecular formula is C11H26N4O. The van der Waals surface area contributed by atoms with Gasteiger partial charge in [0, 0.05) is 25.6 Å². The number of hydrogen-bond donors (Lipinski definition) is 3. The van der Waals surface area contributed by atoms with Crippen LogP contribution >= 0.6 is 0 Å². The molecule has 0 saturated heterocycles. The first-order valence-electron chi connectivity index (χ1n) is 5.61. The first kappa shape index (κ1) is 15.2. The standard InChI is InChI=1S/C11H26N4O/c1-9(10(12)14-16)6-13-7-11(2,3)8-15(4)5/h9,13,16H,6-8H2,1-5H3,(H2,12,14). The summed E-state index contributed by atoms with van der Waals surface area (Å²) in [5, 5.41) is 14.9. The minimum absolute atomic E-state index is 0.0557. The molecule has 4 N–H and O–H groups in total. The van der Waals surface area contributed by atoms with Gasteiger partial charge < -0.3 is 21.2 Å². The molecule has 5 nitrogen and oxygen atoms in total.